The summed E-state index contributed by atoms with van der Waals surface area (Å²) in [6.45, 7) is 2.22. The lowest BCUT2D eigenvalue weighted by Gasteiger charge is -2.39. The molecule has 0 saturated carbocycles. The molecule has 3 saturated heterocycles. The zero-order valence-corrected chi connectivity index (χ0v) is 16.8. The van der Waals surface area contributed by atoms with Gasteiger partial charge in [0.05, 0.1) is 17.1 Å². The fourth-order valence-electron chi connectivity index (χ4n) is 4.49. The van der Waals surface area contributed by atoms with E-state index in [2.05, 4.69) is 5.32 Å². The fraction of sp³-hybridized carbons (Fsp3) is 0.650. The van der Waals surface area contributed by atoms with E-state index in [0.717, 1.165) is 32.1 Å². The minimum atomic E-state index is -3.69. The van der Waals surface area contributed by atoms with Crippen molar-refractivity contribution in [1.29, 1.82) is 0 Å². The van der Waals surface area contributed by atoms with E-state index in [9.17, 15) is 13.2 Å². The molecule has 0 aliphatic carbocycles. The Bertz CT molecular complexity index is 792. The minimum absolute atomic E-state index is 0.00819. The Balaban J connectivity index is 1.47. The van der Waals surface area contributed by atoms with Crippen LogP contribution >= 0.6 is 0 Å². The highest BCUT2D eigenvalue weighted by molar-refractivity contribution is 7.89. The van der Waals surface area contributed by atoms with Crippen LogP contribution in [0.3, 0.4) is 0 Å². The summed E-state index contributed by atoms with van der Waals surface area (Å²) >= 11 is 0. The highest BCUT2D eigenvalue weighted by Crippen LogP contribution is 2.33. The van der Waals surface area contributed by atoms with Crippen molar-refractivity contribution in [2.24, 2.45) is 0 Å². The monoisotopic (exact) mass is 408 g/mol. The van der Waals surface area contributed by atoms with Crippen molar-refractivity contribution in [3.63, 3.8) is 0 Å². The Morgan fingerprint density at radius 3 is 2.71 bits per heavy atom. The summed E-state index contributed by atoms with van der Waals surface area (Å²) in [5.41, 5.74) is -0.293. The van der Waals surface area contributed by atoms with Crippen molar-refractivity contribution in [3.05, 3.63) is 30.3 Å². The van der Waals surface area contributed by atoms with Crippen LogP contribution in [-0.4, -0.2) is 62.7 Å². The third-order valence-corrected chi connectivity index (χ3v) is 7.94. The lowest BCUT2D eigenvalue weighted by atomic mass is 9.89. The van der Waals surface area contributed by atoms with E-state index in [4.69, 9.17) is 9.47 Å². The molecule has 0 radical (unpaired) electrons. The summed E-state index contributed by atoms with van der Waals surface area (Å²) in [5.74, 6) is -0.194. The molecule has 4 rings (SSSR count). The van der Waals surface area contributed by atoms with Crippen LogP contribution in [0.15, 0.2) is 35.2 Å². The van der Waals surface area contributed by atoms with Gasteiger partial charge in [0.25, 0.3) is 0 Å². The predicted molar refractivity (Wildman–Crippen MR) is 103 cm³/mol. The van der Waals surface area contributed by atoms with Crippen LogP contribution in [0.4, 0.5) is 0 Å². The molecule has 1 aromatic rings. The second-order valence-corrected chi connectivity index (χ2v) is 9.86. The highest BCUT2D eigenvalue weighted by atomic mass is 32.2. The molecular formula is C20H28N2O5S. The molecule has 1 N–H and O–H groups in total. The molecule has 0 aromatic heterocycles. The number of sulfonamides is 1. The maximum atomic E-state index is 13.1. The van der Waals surface area contributed by atoms with Crippen LogP contribution in [0.2, 0.25) is 0 Å². The molecule has 3 heterocycles. The first-order chi connectivity index (χ1) is 13.5. The topological polar surface area (TPSA) is 84.9 Å². The molecule has 7 nitrogen and oxygen atoms in total. The molecule has 3 aliphatic heterocycles. The average Bonchev–Trinajstić information content (AvgIpc) is 3.16. The normalized spacial score (nSPS) is 31.7. The lowest BCUT2D eigenvalue weighted by molar-refractivity contribution is -0.130. The number of ether oxygens (including phenoxy) is 2. The Hall–Kier alpha value is -1.48. The van der Waals surface area contributed by atoms with Crippen LogP contribution in [-0.2, 0) is 24.3 Å². The molecule has 8 heteroatoms. The molecule has 28 heavy (non-hydrogen) atoms. The predicted octanol–water partition coefficient (Wildman–Crippen LogP) is 1.68. The van der Waals surface area contributed by atoms with E-state index in [1.165, 1.54) is 4.31 Å². The number of carbonyl (C=O) groups is 1. The third-order valence-electron chi connectivity index (χ3n) is 6.01. The molecule has 3 atom stereocenters. The van der Waals surface area contributed by atoms with Crippen LogP contribution in [0.25, 0.3) is 0 Å². The summed E-state index contributed by atoms with van der Waals surface area (Å²) < 4.78 is 39.0. The van der Waals surface area contributed by atoms with Crippen LogP contribution in [0, 0.1) is 0 Å². The van der Waals surface area contributed by atoms with E-state index >= 15 is 0 Å². The average molecular weight is 409 g/mol. The number of nitrogens with zero attached hydrogens (tertiary/aromatic N) is 1. The fourth-order valence-corrected chi connectivity index (χ4v) is 6.17. The summed E-state index contributed by atoms with van der Waals surface area (Å²) in [6.07, 6.45) is 4.48. The highest BCUT2D eigenvalue weighted by Gasteiger charge is 2.43. The quantitative estimate of drug-likeness (QED) is 0.819. The minimum Gasteiger partial charge on any atom is -0.378 e. The van der Waals surface area contributed by atoms with Crippen molar-refractivity contribution in [3.8, 4) is 0 Å². The number of carbonyl (C=O) groups excluding carboxylic acids is 1. The number of rotatable bonds is 4. The first kappa shape index (κ1) is 19.8. The Morgan fingerprint density at radius 1 is 1.14 bits per heavy atom. The first-order valence-corrected chi connectivity index (χ1v) is 11.5. The summed E-state index contributed by atoms with van der Waals surface area (Å²) in [7, 11) is -3.69. The van der Waals surface area contributed by atoms with Gasteiger partial charge in [-0.3, -0.25) is 4.79 Å². The number of benzene rings is 1. The van der Waals surface area contributed by atoms with Crippen molar-refractivity contribution >= 4 is 15.9 Å². The number of amides is 1. The van der Waals surface area contributed by atoms with E-state index in [1.54, 1.807) is 30.3 Å². The molecule has 1 aromatic carbocycles. The van der Waals surface area contributed by atoms with Gasteiger partial charge >= 0.3 is 0 Å². The summed E-state index contributed by atoms with van der Waals surface area (Å²) in [5, 5.41) is 3.11. The van der Waals surface area contributed by atoms with Crippen molar-refractivity contribution in [1.82, 2.24) is 9.62 Å². The van der Waals surface area contributed by atoms with Gasteiger partial charge in [-0.15, -0.1) is 0 Å². The van der Waals surface area contributed by atoms with Gasteiger partial charge < -0.3 is 14.8 Å². The Labute approximate surface area is 166 Å². The molecule has 3 aliphatic rings. The number of hydrogen-bond donors (Lipinski definition) is 1. The first-order valence-electron chi connectivity index (χ1n) is 10.1. The lowest BCUT2D eigenvalue weighted by Crippen LogP contribution is -2.56. The molecule has 0 bridgehead atoms. The second kappa shape index (κ2) is 8.10. The van der Waals surface area contributed by atoms with Crippen LogP contribution in [0.5, 0.6) is 0 Å². The van der Waals surface area contributed by atoms with Gasteiger partial charge in [-0.05, 0) is 37.8 Å². The zero-order valence-electron chi connectivity index (χ0n) is 16.0. The van der Waals surface area contributed by atoms with E-state index in [-0.39, 0.29) is 22.4 Å². The molecule has 1 amide bonds. The van der Waals surface area contributed by atoms with Gasteiger partial charge in [-0.1, -0.05) is 24.6 Å². The van der Waals surface area contributed by atoms with Crippen molar-refractivity contribution in [2.45, 2.75) is 61.1 Å². The maximum absolute atomic E-state index is 13.1. The van der Waals surface area contributed by atoms with Gasteiger partial charge in [0, 0.05) is 32.2 Å². The smallest absolute Gasteiger partial charge is 0.243 e. The standard InChI is InChI=1S/C20H28N2O5S/c23-19(21-16-9-12-27-20(14-16)10-13-26-15-20)18-8-4-5-11-22(18)28(24,25)17-6-2-1-3-7-17/h1-3,6-7,16,18H,4-5,8-15H2,(H,21,23)/t16-,18-,20-/m1/s1. The van der Waals surface area contributed by atoms with E-state index < -0.39 is 16.1 Å². The van der Waals surface area contributed by atoms with Crippen LogP contribution in [0.1, 0.15) is 38.5 Å². The zero-order chi connectivity index (χ0) is 19.6. The SMILES string of the molecule is O=C(N[C@@H]1CCO[C@]2(CCOC2)C1)[C@H]1CCCCN1S(=O)(=O)c1ccccc1. The maximum Gasteiger partial charge on any atom is 0.243 e. The molecule has 154 valence electrons. The van der Waals surface area contributed by atoms with Crippen molar-refractivity contribution in [2.75, 3.05) is 26.4 Å². The number of nitrogens with one attached hydrogen (secondary N) is 1. The second-order valence-electron chi connectivity index (χ2n) is 7.97. The third kappa shape index (κ3) is 3.96. The molecular weight excluding hydrogens is 380 g/mol. The van der Waals surface area contributed by atoms with Gasteiger partial charge in [-0.25, -0.2) is 8.42 Å². The van der Waals surface area contributed by atoms with E-state index in [1.807, 2.05) is 0 Å². The Kier molecular flexibility index (Phi) is 5.73. The number of piperidine rings is 1. The molecule has 1 spiro atoms. The number of hydrogen-bond acceptors (Lipinski definition) is 5. The van der Waals surface area contributed by atoms with Crippen LogP contribution < -0.4 is 5.32 Å². The van der Waals surface area contributed by atoms with E-state index in [0.29, 0.717) is 32.8 Å². The molecule has 3 fully saturated rings. The summed E-state index contributed by atoms with van der Waals surface area (Å²) in [6, 6.07) is 7.70. The van der Waals surface area contributed by atoms with Gasteiger partial charge in [0.15, 0.2) is 0 Å². The van der Waals surface area contributed by atoms with Gasteiger partial charge in [0.1, 0.15) is 6.04 Å². The largest absolute Gasteiger partial charge is 0.378 e. The summed E-state index contributed by atoms with van der Waals surface area (Å²) in [4.78, 5) is 13.3. The molecule has 0 unspecified atom stereocenters. The van der Waals surface area contributed by atoms with Gasteiger partial charge in [-0.2, -0.15) is 4.31 Å². The van der Waals surface area contributed by atoms with Crippen molar-refractivity contribution < 1.29 is 22.7 Å². The Morgan fingerprint density at radius 2 is 1.96 bits per heavy atom. The van der Waals surface area contributed by atoms with Gasteiger partial charge in [0.2, 0.25) is 15.9 Å².